The van der Waals surface area contributed by atoms with Crippen LogP contribution in [0, 0.1) is 0 Å². The molecule has 0 spiro atoms. The Kier molecular flexibility index (Phi) is 4.40. The summed E-state index contributed by atoms with van der Waals surface area (Å²) in [7, 11) is 0. The number of para-hydroxylation sites is 1. The Bertz CT molecular complexity index is 786. The van der Waals surface area contributed by atoms with Gasteiger partial charge in [0.2, 0.25) is 5.88 Å². The van der Waals surface area contributed by atoms with E-state index in [2.05, 4.69) is 14.9 Å². The second-order valence-corrected chi connectivity index (χ2v) is 5.87. The van der Waals surface area contributed by atoms with Crippen molar-refractivity contribution in [1.29, 1.82) is 0 Å². The van der Waals surface area contributed by atoms with Crippen molar-refractivity contribution < 1.29 is 13.9 Å². The van der Waals surface area contributed by atoms with Crippen molar-refractivity contribution >= 4 is 10.9 Å². The number of hydrogen-bond acceptors (Lipinski definition) is 6. The van der Waals surface area contributed by atoms with Gasteiger partial charge in [-0.15, -0.1) is 0 Å². The van der Waals surface area contributed by atoms with Crippen LogP contribution < -0.4 is 4.74 Å². The molecule has 1 aromatic carbocycles. The Morgan fingerprint density at radius 2 is 2.17 bits per heavy atom. The van der Waals surface area contributed by atoms with E-state index in [1.54, 1.807) is 12.5 Å². The first-order chi connectivity index (χ1) is 11.9. The van der Waals surface area contributed by atoms with Gasteiger partial charge in [-0.2, -0.15) is 0 Å². The van der Waals surface area contributed by atoms with E-state index in [0.29, 0.717) is 19.1 Å². The summed E-state index contributed by atoms with van der Waals surface area (Å²) in [5.74, 6) is 0.608. The third-order valence-corrected chi connectivity index (χ3v) is 4.12. The molecule has 4 rings (SSSR count). The Balaban J connectivity index is 1.38. The first kappa shape index (κ1) is 15.1. The van der Waals surface area contributed by atoms with Gasteiger partial charge in [0.25, 0.3) is 0 Å². The van der Waals surface area contributed by atoms with E-state index in [0.717, 1.165) is 30.5 Å². The lowest BCUT2D eigenvalue weighted by Crippen LogP contribution is -2.44. The zero-order valence-corrected chi connectivity index (χ0v) is 13.3. The highest BCUT2D eigenvalue weighted by atomic mass is 16.5. The first-order valence-corrected chi connectivity index (χ1v) is 8.06. The molecule has 1 atom stereocenters. The number of morpholine rings is 1. The molecule has 0 N–H and O–H groups in total. The van der Waals surface area contributed by atoms with Gasteiger partial charge in [0, 0.05) is 25.2 Å². The molecule has 0 aliphatic carbocycles. The summed E-state index contributed by atoms with van der Waals surface area (Å²) in [6.45, 7) is 3.79. The van der Waals surface area contributed by atoms with Gasteiger partial charge in [-0.3, -0.25) is 4.90 Å². The van der Waals surface area contributed by atoms with E-state index in [-0.39, 0.29) is 6.10 Å². The molecule has 0 saturated carbocycles. The highest BCUT2D eigenvalue weighted by molar-refractivity contribution is 5.82. The van der Waals surface area contributed by atoms with Crippen LogP contribution in [0.3, 0.4) is 0 Å². The third-order valence-electron chi connectivity index (χ3n) is 4.12. The minimum Gasteiger partial charge on any atom is -0.474 e. The van der Waals surface area contributed by atoms with Crippen LogP contribution in [0.2, 0.25) is 0 Å². The molecule has 1 aliphatic heterocycles. The molecule has 6 nitrogen and oxygen atoms in total. The molecular weight excluding hydrogens is 306 g/mol. The zero-order chi connectivity index (χ0) is 16.2. The highest BCUT2D eigenvalue weighted by Crippen LogP contribution is 2.21. The van der Waals surface area contributed by atoms with Gasteiger partial charge in [0.1, 0.15) is 19.0 Å². The van der Waals surface area contributed by atoms with E-state index in [9.17, 15) is 0 Å². The Morgan fingerprint density at radius 1 is 1.21 bits per heavy atom. The maximum Gasteiger partial charge on any atom is 0.224 e. The summed E-state index contributed by atoms with van der Waals surface area (Å²) in [5.41, 5.74) is 2.06. The Hall–Kier alpha value is -2.44. The van der Waals surface area contributed by atoms with E-state index in [4.69, 9.17) is 13.9 Å². The molecule has 124 valence electrons. The molecule has 1 aliphatic rings. The van der Waals surface area contributed by atoms with Gasteiger partial charge in [-0.25, -0.2) is 9.97 Å². The van der Waals surface area contributed by atoms with Crippen molar-refractivity contribution in [2.45, 2.75) is 12.6 Å². The molecule has 0 radical (unpaired) electrons. The van der Waals surface area contributed by atoms with Crippen LogP contribution in [0.4, 0.5) is 0 Å². The van der Waals surface area contributed by atoms with Gasteiger partial charge in [0.15, 0.2) is 0 Å². The monoisotopic (exact) mass is 325 g/mol. The molecule has 6 heteroatoms. The van der Waals surface area contributed by atoms with Crippen LogP contribution in [0.15, 0.2) is 53.6 Å². The van der Waals surface area contributed by atoms with Crippen LogP contribution in [-0.4, -0.2) is 47.3 Å². The smallest absolute Gasteiger partial charge is 0.224 e. The molecule has 1 saturated heterocycles. The third kappa shape index (κ3) is 3.39. The van der Waals surface area contributed by atoms with E-state index in [1.807, 2.05) is 30.3 Å². The Morgan fingerprint density at radius 3 is 3.08 bits per heavy atom. The van der Waals surface area contributed by atoms with Crippen molar-refractivity contribution in [3.05, 3.63) is 54.7 Å². The molecular formula is C18H19N3O3. The fourth-order valence-electron chi connectivity index (χ4n) is 2.93. The number of hydrogen-bond donors (Lipinski definition) is 0. The summed E-state index contributed by atoms with van der Waals surface area (Å²) >= 11 is 0. The molecule has 3 aromatic rings. The summed E-state index contributed by atoms with van der Waals surface area (Å²) in [4.78, 5) is 10.9. The summed E-state index contributed by atoms with van der Waals surface area (Å²) in [5, 5.41) is 0.922. The van der Waals surface area contributed by atoms with Gasteiger partial charge < -0.3 is 13.9 Å². The lowest BCUT2D eigenvalue weighted by Gasteiger charge is -2.32. The minimum atomic E-state index is 0.0272. The number of nitrogens with zero attached hydrogens (tertiary/aromatic N) is 3. The highest BCUT2D eigenvalue weighted by Gasteiger charge is 2.22. The van der Waals surface area contributed by atoms with E-state index < -0.39 is 0 Å². The SMILES string of the molecule is c1ccc2c(OCC3CN(Cc4ccoc4)CCO3)ncnc2c1. The number of ether oxygens (including phenoxy) is 2. The average Bonchev–Trinajstić information content (AvgIpc) is 3.13. The number of aromatic nitrogens is 2. The Labute approximate surface area is 140 Å². The van der Waals surface area contributed by atoms with Crippen molar-refractivity contribution in [1.82, 2.24) is 14.9 Å². The van der Waals surface area contributed by atoms with Crippen LogP contribution in [0.5, 0.6) is 5.88 Å². The van der Waals surface area contributed by atoms with Gasteiger partial charge in [0.05, 0.1) is 30.0 Å². The van der Waals surface area contributed by atoms with Crippen LogP contribution in [-0.2, 0) is 11.3 Å². The largest absolute Gasteiger partial charge is 0.474 e. The van der Waals surface area contributed by atoms with Crippen molar-refractivity contribution in [3.8, 4) is 5.88 Å². The van der Waals surface area contributed by atoms with Gasteiger partial charge in [-0.1, -0.05) is 12.1 Å². The second-order valence-electron chi connectivity index (χ2n) is 5.87. The topological polar surface area (TPSA) is 60.6 Å². The predicted molar refractivity (Wildman–Crippen MR) is 88.8 cm³/mol. The summed E-state index contributed by atoms with van der Waals surface area (Å²) in [6.07, 6.45) is 5.05. The lowest BCUT2D eigenvalue weighted by atomic mass is 10.2. The molecule has 1 unspecified atom stereocenters. The lowest BCUT2D eigenvalue weighted by molar-refractivity contribution is -0.0508. The number of furan rings is 1. The molecule has 3 heterocycles. The molecule has 1 fully saturated rings. The quantitative estimate of drug-likeness (QED) is 0.718. The number of benzene rings is 1. The van der Waals surface area contributed by atoms with Crippen molar-refractivity contribution in [3.63, 3.8) is 0 Å². The fourth-order valence-corrected chi connectivity index (χ4v) is 2.93. The number of rotatable bonds is 5. The van der Waals surface area contributed by atoms with E-state index >= 15 is 0 Å². The second kappa shape index (κ2) is 6.98. The summed E-state index contributed by atoms with van der Waals surface area (Å²) in [6, 6.07) is 9.83. The van der Waals surface area contributed by atoms with Crippen LogP contribution in [0.25, 0.3) is 10.9 Å². The zero-order valence-electron chi connectivity index (χ0n) is 13.3. The molecule has 24 heavy (non-hydrogen) atoms. The molecule has 2 aromatic heterocycles. The normalized spacial score (nSPS) is 18.8. The molecule has 0 amide bonds. The standard InChI is InChI=1S/C18H19N3O3/c1-2-4-17-16(3-1)18(20-13-19-17)24-12-15-10-21(6-8-23-15)9-14-5-7-22-11-14/h1-5,7,11,13,15H,6,8-10,12H2. The average molecular weight is 325 g/mol. The van der Waals surface area contributed by atoms with Crippen LogP contribution >= 0.6 is 0 Å². The first-order valence-electron chi connectivity index (χ1n) is 8.06. The molecule has 0 bridgehead atoms. The van der Waals surface area contributed by atoms with Crippen molar-refractivity contribution in [2.75, 3.05) is 26.3 Å². The number of fused-ring (bicyclic) bond motifs is 1. The van der Waals surface area contributed by atoms with Crippen molar-refractivity contribution in [2.24, 2.45) is 0 Å². The predicted octanol–water partition coefficient (Wildman–Crippen LogP) is 2.50. The maximum absolute atomic E-state index is 5.92. The fraction of sp³-hybridized carbons (Fsp3) is 0.333. The van der Waals surface area contributed by atoms with Crippen LogP contribution in [0.1, 0.15) is 5.56 Å². The maximum atomic E-state index is 5.92. The van der Waals surface area contributed by atoms with E-state index in [1.165, 1.54) is 11.9 Å². The van der Waals surface area contributed by atoms with Gasteiger partial charge in [-0.05, 0) is 18.2 Å². The summed E-state index contributed by atoms with van der Waals surface area (Å²) < 4.78 is 16.9. The van der Waals surface area contributed by atoms with Gasteiger partial charge >= 0.3 is 0 Å². The minimum absolute atomic E-state index is 0.0272.